The van der Waals surface area contributed by atoms with Crippen molar-refractivity contribution >= 4 is 17.3 Å². The van der Waals surface area contributed by atoms with E-state index >= 15 is 0 Å². The standard InChI is InChI=1S/C6H11FN2S/c7-5-1-3-9(4-2-5)6(8)10/h5H,1-4H2,(H2,8,10). The molecule has 0 aliphatic carbocycles. The van der Waals surface area contributed by atoms with Gasteiger partial charge in [0.15, 0.2) is 5.11 Å². The molecule has 1 fully saturated rings. The fourth-order valence-electron chi connectivity index (χ4n) is 1.07. The Bertz CT molecular complexity index is 132. The minimum Gasteiger partial charge on any atom is -0.376 e. The Morgan fingerprint density at radius 1 is 1.50 bits per heavy atom. The maximum Gasteiger partial charge on any atom is 0.166 e. The summed E-state index contributed by atoms with van der Waals surface area (Å²) in [6.07, 6.45) is 0.486. The van der Waals surface area contributed by atoms with Crippen LogP contribution in [0.3, 0.4) is 0 Å². The van der Waals surface area contributed by atoms with Gasteiger partial charge >= 0.3 is 0 Å². The van der Waals surface area contributed by atoms with Gasteiger partial charge in [0.25, 0.3) is 0 Å². The number of hydrogen-bond donors (Lipinski definition) is 1. The summed E-state index contributed by atoms with van der Waals surface area (Å²) >= 11 is 4.74. The van der Waals surface area contributed by atoms with Crippen molar-refractivity contribution in [1.29, 1.82) is 0 Å². The van der Waals surface area contributed by atoms with E-state index in [2.05, 4.69) is 0 Å². The second-order valence-electron chi connectivity index (χ2n) is 2.50. The van der Waals surface area contributed by atoms with Crippen LogP contribution in [-0.4, -0.2) is 29.3 Å². The highest BCUT2D eigenvalue weighted by Gasteiger charge is 2.18. The zero-order valence-corrected chi connectivity index (χ0v) is 6.53. The molecule has 1 saturated heterocycles. The first-order chi connectivity index (χ1) is 4.70. The predicted octanol–water partition coefficient (Wildman–Crippen LogP) is 0.664. The molecule has 0 bridgehead atoms. The van der Waals surface area contributed by atoms with Crippen molar-refractivity contribution in [2.75, 3.05) is 13.1 Å². The Morgan fingerprint density at radius 3 is 2.40 bits per heavy atom. The molecule has 1 aliphatic rings. The molecule has 0 radical (unpaired) electrons. The molecule has 0 aromatic heterocycles. The van der Waals surface area contributed by atoms with Crippen LogP contribution in [0.1, 0.15) is 12.8 Å². The van der Waals surface area contributed by atoms with E-state index in [9.17, 15) is 4.39 Å². The average molecular weight is 162 g/mol. The van der Waals surface area contributed by atoms with Gasteiger partial charge in [-0.25, -0.2) is 4.39 Å². The smallest absolute Gasteiger partial charge is 0.166 e. The monoisotopic (exact) mass is 162 g/mol. The van der Waals surface area contributed by atoms with Gasteiger partial charge in [-0.2, -0.15) is 0 Å². The third-order valence-electron chi connectivity index (χ3n) is 1.74. The Labute approximate surface area is 65.2 Å². The molecule has 1 aliphatic heterocycles. The van der Waals surface area contributed by atoms with Crippen LogP contribution in [0.5, 0.6) is 0 Å². The predicted molar refractivity (Wildman–Crippen MR) is 42.5 cm³/mol. The fourth-order valence-corrected chi connectivity index (χ4v) is 1.25. The molecule has 58 valence electrons. The summed E-state index contributed by atoms with van der Waals surface area (Å²) in [6, 6.07) is 0. The van der Waals surface area contributed by atoms with Gasteiger partial charge in [0.05, 0.1) is 0 Å². The van der Waals surface area contributed by atoms with Crippen LogP contribution in [-0.2, 0) is 0 Å². The molecule has 10 heavy (non-hydrogen) atoms. The molecule has 2 N–H and O–H groups in total. The lowest BCUT2D eigenvalue weighted by Crippen LogP contribution is -2.41. The number of likely N-dealkylation sites (tertiary alicyclic amines) is 1. The van der Waals surface area contributed by atoms with Crippen molar-refractivity contribution in [3.63, 3.8) is 0 Å². The van der Waals surface area contributed by atoms with Gasteiger partial charge in [0.2, 0.25) is 0 Å². The number of rotatable bonds is 0. The molecule has 4 heteroatoms. The van der Waals surface area contributed by atoms with Gasteiger partial charge in [-0.3, -0.25) is 0 Å². The van der Waals surface area contributed by atoms with Crippen molar-refractivity contribution < 1.29 is 4.39 Å². The number of hydrogen-bond acceptors (Lipinski definition) is 1. The number of alkyl halides is 1. The van der Waals surface area contributed by atoms with E-state index in [4.69, 9.17) is 18.0 Å². The maximum absolute atomic E-state index is 12.5. The lowest BCUT2D eigenvalue weighted by molar-refractivity contribution is 0.205. The van der Waals surface area contributed by atoms with Crippen LogP contribution in [0.25, 0.3) is 0 Å². The summed E-state index contributed by atoms with van der Waals surface area (Å²) < 4.78 is 12.5. The highest BCUT2D eigenvalue weighted by Crippen LogP contribution is 2.12. The minimum absolute atomic E-state index is 0.395. The van der Waals surface area contributed by atoms with Gasteiger partial charge in [-0.1, -0.05) is 0 Å². The van der Waals surface area contributed by atoms with E-state index in [1.54, 1.807) is 0 Å². The Balaban J connectivity index is 2.33. The number of nitrogens with zero attached hydrogens (tertiary/aromatic N) is 1. The zero-order chi connectivity index (χ0) is 7.56. The van der Waals surface area contributed by atoms with Gasteiger partial charge in [-0.05, 0) is 25.1 Å². The molecule has 1 rings (SSSR count). The molecule has 0 aromatic rings. The van der Waals surface area contributed by atoms with E-state index in [0.717, 1.165) is 0 Å². The minimum atomic E-state index is -0.648. The van der Waals surface area contributed by atoms with Crippen LogP contribution < -0.4 is 5.73 Å². The molecule has 0 saturated carbocycles. The van der Waals surface area contributed by atoms with E-state index < -0.39 is 6.17 Å². The summed E-state index contributed by atoms with van der Waals surface area (Å²) in [7, 11) is 0. The molecule has 0 atom stereocenters. The number of halogens is 1. The first kappa shape index (κ1) is 7.72. The van der Waals surface area contributed by atoms with Crippen LogP contribution >= 0.6 is 12.2 Å². The summed E-state index contributed by atoms with van der Waals surface area (Å²) in [5, 5.41) is 0.395. The number of thiocarbonyl (C=S) groups is 1. The van der Waals surface area contributed by atoms with E-state index in [1.165, 1.54) is 0 Å². The molecule has 0 unspecified atom stereocenters. The van der Waals surface area contributed by atoms with Crippen LogP contribution in [0.15, 0.2) is 0 Å². The van der Waals surface area contributed by atoms with Gasteiger partial charge in [-0.15, -0.1) is 0 Å². The van der Waals surface area contributed by atoms with Crippen molar-refractivity contribution in [2.24, 2.45) is 5.73 Å². The van der Waals surface area contributed by atoms with Crippen molar-refractivity contribution in [3.05, 3.63) is 0 Å². The SMILES string of the molecule is NC(=S)N1CCC(F)CC1. The van der Waals surface area contributed by atoms with Crippen molar-refractivity contribution in [3.8, 4) is 0 Å². The molecular weight excluding hydrogens is 151 g/mol. The summed E-state index contributed by atoms with van der Waals surface area (Å²) in [6.45, 7) is 1.35. The van der Waals surface area contributed by atoms with Gasteiger partial charge < -0.3 is 10.6 Å². The first-order valence-electron chi connectivity index (χ1n) is 3.38. The number of nitrogens with two attached hydrogens (primary N) is 1. The maximum atomic E-state index is 12.5. The van der Waals surface area contributed by atoms with Crippen molar-refractivity contribution in [2.45, 2.75) is 19.0 Å². The van der Waals surface area contributed by atoms with Crippen LogP contribution in [0.4, 0.5) is 4.39 Å². The van der Waals surface area contributed by atoms with Crippen molar-refractivity contribution in [1.82, 2.24) is 4.90 Å². The van der Waals surface area contributed by atoms with E-state index in [1.807, 2.05) is 4.90 Å². The largest absolute Gasteiger partial charge is 0.376 e. The summed E-state index contributed by atoms with van der Waals surface area (Å²) in [5.74, 6) is 0. The number of piperidine rings is 1. The molecule has 0 spiro atoms. The Morgan fingerprint density at radius 2 is 2.00 bits per heavy atom. The zero-order valence-electron chi connectivity index (χ0n) is 5.72. The Hall–Kier alpha value is -0.380. The fraction of sp³-hybridized carbons (Fsp3) is 0.833. The quantitative estimate of drug-likeness (QED) is 0.531. The third-order valence-corrected chi connectivity index (χ3v) is 1.99. The van der Waals surface area contributed by atoms with E-state index in [0.29, 0.717) is 31.0 Å². The Kier molecular flexibility index (Phi) is 2.43. The third kappa shape index (κ3) is 1.80. The summed E-state index contributed by atoms with van der Waals surface area (Å²) in [5.41, 5.74) is 5.35. The lowest BCUT2D eigenvalue weighted by atomic mass is 10.1. The lowest BCUT2D eigenvalue weighted by Gasteiger charge is -2.28. The first-order valence-corrected chi connectivity index (χ1v) is 3.79. The topological polar surface area (TPSA) is 29.3 Å². The second-order valence-corrected chi connectivity index (χ2v) is 2.92. The highest BCUT2D eigenvalue weighted by atomic mass is 32.1. The van der Waals surface area contributed by atoms with E-state index in [-0.39, 0.29) is 0 Å². The normalized spacial score (nSPS) is 21.1. The molecule has 0 amide bonds. The van der Waals surface area contributed by atoms with Gasteiger partial charge in [0, 0.05) is 13.1 Å². The molecule has 2 nitrogen and oxygen atoms in total. The van der Waals surface area contributed by atoms with Gasteiger partial charge in [0.1, 0.15) is 6.17 Å². The van der Waals surface area contributed by atoms with Crippen LogP contribution in [0, 0.1) is 0 Å². The molecule has 1 heterocycles. The highest BCUT2D eigenvalue weighted by molar-refractivity contribution is 7.80. The van der Waals surface area contributed by atoms with Crippen LogP contribution in [0.2, 0.25) is 0 Å². The average Bonchev–Trinajstić information content (AvgIpc) is 1.88. The summed E-state index contributed by atoms with van der Waals surface area (Å²) in [4.78, 5) is 1.84. The second kappa shape index (κ2) is 3.14. The molecule has 0 aromatic carbocycles. The molecular formula is C6H11FN2S.